The van der Waals surface area contributed by atoms with Gasteiger partial charge in [-0.05, 0) is 66.2 Å². The lowest BCUT2D eigenvalue weighted by molar-refractivity contribution is -0.114. The number of hydrogen-bond acceptors (Lipinski definition) is 6. The van der Waals surface area contributed by atoms with Crippen LogP contribution < -0.4 is 10.2 Å². The third kappa shape index (κ3) is 4.37. The summed E-state index contributed by atoms with van der Waals surface area (Å²) in [6, 6.07) is 19.9. The molecule has 9 heteroatoms. The maximum Gasteiger partial charge on any atom is 0.338 e. The molecular weight excluding hydrogens is 460 g/mol. The van der Waals surface area contributed by atoms with Gasteiger partial charge in [0, 0.05) is 25.0 Å². The summed E-state index contributed by atoms with van der Waals surface area (Å²) in [4.78, 5) is 50.8. The molecule has 0 spiro atoms. The number of amides is 3. The summed E-state index contributed by atoms with van der Waals surface area (Å²) in [5, 5.41) is 6.80. The van der Waals surface area contributed by atoms with Crippen molar-refractivity contribution >= 4 is 35.1 Å². The lowest BCUT2D eigenvalue weighted by Crippen LogP contribution is -2.29. The first-order valence-corrected chi connectivity index (χ1v) is 11.1. The van der Waals surface area contributed by atoms with E-state index in [1.807, 2.05) is 36.5 Å². The Balaban J connectivity index is 1.28. The predicted molar refractivity (Wildman–Crippen MR) is 131 cm³/mol. The van der Waals surface area contributed by atoms with Crippen molar-refractivity contribution in [3.8, 4) is 5.69 Å². The van der Waals surface area contributed by atoms with Gasteiger partial charge in [0.25, 0.3) is 11.8 Å². The van der Waals surface area contributed by atoms with Gasteiger partial charge in [-0.25, -0.2) is 14.4 Å². The van der Waals surface area contributed by atoms with E-state index in [0.29, 0.717) is 11.4 Å². The maximum atomic E-state index is 13.0. The van der Waals surface area contributed by atoms with Crippen molar-refractivity contribution in [2.24, 2.45) is 0 Å². The van der Waals surface area contributed by atoms with Crippen molar-refractivity contribution < 1.29 is 23.9 Å². The molecule has 3 amide bonds. The van der Waals surface area contributed by atoms with E-state index >= 15 is 0 Å². The van der Waals surface area contributed by atoms with Crippen molar-refractivity contribution in [3.05, 3.63) is 107 Å². The zero-order valence-electron chi connectivity index (χ0n) is 19.2. The van der Waals surface area contributed by atoms with Gasteiger partial charge in [-0.15, -0.1) is 0 Å². The standard InChI is InChI=1S/C27H20N4O5/c1-17(32)29-20-6-10-22(11-7-20)31-25(33)23-12-5-19(15-24(23)26(31)34)27(35)36-16-18-3-8-21(9-4-18)30-14-2-13-28-30/h2-15H,16H2,1H3,(H,29,32). The second kappa shape index (κ2) is 9.30. The van der Waals surface area contributed by atoms with Gasteiger partial charge in [-0.2, -0.15) is 5.10 Å². The lowest BCUT2D eigenvalue weighted by atomic mass is 10.1. The minimum absolute atomic E-state index is 0.0505. The largest absolute Gasteiger partial charge is 0.457 e. The van der Waals surface area contributed by atoms with Gasteiger partial charge < -0.3 is 10.1 Å². The van der Waals surface area contributed by atoms with Crippen LogP contribution in [-0.2, 0) is 16.1 Å². The SMILES string of the molecule is CC(=O)Nc1ccc(N2C(=O)c3ccc(C(=O)OCc4ccc(-n5cccn5)cc4)cc3C2=O)cc1. The van der Waals surface area contributed by atoms with Crippen LogP contribution in [-0.4, -0.2) is 33.5 Å². The first-order chi connectivity index (χ1) is 17.4. The zero-order chi connectivity index (χ0) is 25.2. The van der Waals surface area contributed by atoms with E-state index in [1.165, 1.54) is 25.1 Å². The smallest absolute Gasteiger partial charge is 0.338 e. The number of fused-ring (bicyclic) bond motifs is 1. The number of anilines is 2. The Morgan fingerprint density at radius 3 is 2.25 bits per heavy atom. The molecule has 1 N–H and O–H groups in total. The molecule has 1 aliphatic heterocycles. The monoisotopic (exact) mass is 480 g/mol. The highest BCUT2D eigenvalue weighted by atomic mass is 16.5. The number of hydrogen-bond donors (Lipinski definition) is 1. The van der Waals surface area contributed by atoms with Crippen LogP contribution in [0.5, 0.6) is 0 Å². The normalized spacial score (nSPS) is 12.4. The van der Waals surface area contributed by atoms with Gasteiger partial charge in [0.05, 0.1) is 28.1 Å². The first kappa shape index (κ1) is 22.7. The van der Waals surface area contributed by atoms with Crippen LogP contribution in [0.4, 0.5) is 11.4 Å². The van der Waals surface area contributed by atoms with Crippen LogP contribution in [0.2, 0.25) is 0 Å². The van der Waals surface area contributed by atoms with Crippen LogP contribution in [0.15, 0.2) is 85.2 Å². The summed E-state index contributed by atoms with van der Waals surface area (Å²) in [6.07, 6.45) is 3.52. The van der Waals surface area contributed by atoms with E-state index < -0.39 is 17.8 Å². The maximum absolute atomic E-state index is 13.0. The Kier molecular flexibility index (Phi) is 5.87. The molecule has 5 rings (SSSR count). The summed E-state index contributed by atoms with van der Waals surface area (Å²) < 4.78 is 7.14. The Hall–Kier alpha value is -5.05. The molecule has 0 aliphatic carbocycles. The molecule has 2 heterocycles. The predicted octanol–water partition coefficient (Wildman–Crippen LogP) is 3.99. The Morgan fingerprint density at radius 2 is 1.58 bits per heavy atom. The van der Waals surface area contributed by atoms with E-state index in [9.17, 15) is 19.2 Å². The van der Waals surface area contributed by atoms with Gasteiger partial charge in [-0.3, -0.25) is 14.4 Å². The van der Waals surface area contributed by atoms with Crippen molar-refractivity contribution in [1.29, 1.82) is 0 Å². The highest BCUT2D eigenvalue weighted by Crippen LogP contribution is 2.30. The highest BCUT2D eigenvalue weighted by Gasteiger charge is 2.37. The number of esters is 1. The number of benzene rings is 3. The summed E-state index contributed by atoms with van der Waals surface area (Å²) in [5.41, 5.74) is 3.08. The van der Waals surface area contributed by atoms with Gasteiger partial charge in [0.15, 0.2) is 0 Å². The third-order valence-electron chi connectivity index (χ3n) is 5.64. The number of carbonyl (C=O) groups excluding carboxylic acids is 4. The Morgan fingerprint density at radius 1 is 0.889 bits per heavy atom. The quantitative estimate of drug-likeness (QED) is 0.330. The molecule has 0 fully saturated rings. The van der Waals surface area contributed by atoms with Crippen LogP contribution in [0.3, 0.4) is 0 Å². The summed E-state index contributed by atoms with van der Waals surface area (Å²) >= 11 is 0. The summed E-state index contributed by atoms with van der Waals surface area (Å²) in [7, 11) is 0. The van der Waals surface area contributed by atoms with E-state index in [1.54, 1.807) is 35.1 Å². The molecule has 0 saturated heterocycles. The zero-order valence-corrected chi connectivity index (χ0v) is 19.2. The highest BCUT2D eigenvalue weighted by molar-refractivity contribution is 6.34. The average molecular weight is 480 g/mol. The third-order valence-corrected chi connectivity index (χ3v) is 5.64. The number of nitrogens with zero attached hydrogens (tertiary/aromatic N) is 3. The molecule has 0 atom stereocenters. The molecular formula is C27H20N4O5. The van der Waals surface area contributed by atoms with Gasteiger partial charge in [0.2, 0.25) is 5.91 Å². The van der Waals surface area contributed by atoms with Crippen molar-refractivity contribution in [1.82, 2.24) is 9.78 Å². The molecule has 4 aromatic rings. The minimum Gasteiger partial charge on any atom is -0.457 e. The van der Waals surface area contributed by atoms with E-state index in [2.05, 4.69) is 10.4 Å². The molecule has 0 bridgehead atoms. The number of rotatable bonds is 6. The van der Waals surface area contributed by atoms with Gasteiger partial charge in [0.1, 0.15) is 6.61 Å². The fourth-order valence-electron chi connectivity index (χ4n) is 3.90. The van der Waals surface area contributed by atoms with E-state index in [0.717, 1.165) is 16.2 Å². The molecule has 9 nitrogen and oxygen atoms in total. The average Bonchev–Trinajstić information content (AvgIpc) is 3.50. The fraction of sp³-hybridized carbons (Fsp3) is 0.0741. The number of ether oxygens (including phenoxy) is 1. The van der Waals surface area contributed by atoms with Crippen LogP contribution >= 0.6 is 0 Å². The van der Waals surface area contributed by atoms with Crippen LogP contribution in [0.25, 0.3) is 5.69 Å². The molecule has 3 aromatic carbocycles. The number of carbonyl (C=O) groups is 4. The van der Waals surface area contributed by atoms with Gasteiger partial charge in [-0.1, -0.05) is 12.1 Å². The Bertz CT molecular complexity index is 1480. The minimum atomic E-state index is -0.604. The van der Waals surface area contributed by atoms with Crippen LogP contribution in [0.1, 0.15) is 43.6 Å². The van der Waals surface area contributed by atoms with Crippen molar-refractivity contribution in [2.75, 3.05) is 10.2 Å². The molecule has 178 valence electrons. The summed E-state index contributed by atoms with van der Waals surface area (Å²) in [5.74, 6) is -1.85. The first-order valence-electron chi connectivity index (χ1n) is 11.1. The molecule has 1 aromatic heterocycles. The number of aromatic nitrogens is 2. The van der Waals surface area contributed by atoms with E-state index in [4.69, 9.17) is 4.74 Å². The topological polar surface area (TPSA) is 111 Å². The molecule has 1 aliphatic rings. The van der Waals surface area contributed by atoms with Crippen molar-refractivity contribution in [3.63, 3.8) is 0 Å². The lowest BCUT2D eigenvalue weighted by Gasteiger charge is -2.14. The molecule has 0 saturated carbocycles. The number of imide groups is 1. The molecule has 0 unspecified atom stereocenters. The second-order valence-corrected chi connectivity index (χ2v) is 8.13. The Labute approximate surface area is 205 Å². The van der Waals surface area contributed by atoms with Crippen molar-refractivity contribution in [2.45, 2.75) is 13.5 Å². The molecule has 36 heavy (non-hydrogen) atoms. The van der Waals surface area contributed by atoms with Gasteiger partial charge >= 0.3 is 5.97 Å². The van der Waals surface area contributed by atoms with Crippen LogP contribution in [0, 0.1) is 0 Å². The fourth-order valence-corrected chi connectivity index (χ4v) is 3.90. The molecule has 0 radical (unpaired) electrons. The summed E-state index contributed by atoms with van der Waals surface area (Å²) in [6.45, 7) is 1.44. The second-order valence-electron chi connectivity index (χ2n) is 8.13. The number of nitrogens with one attached hydrogen (secondary N) is 1. The van der Waals surface area contributed by atoms with E-state index in [-0.39, 0.29) is 29.2 Å².